The Morgan fingerprint density at radius 1 is 1.25 bits per heavy atom. The van der Waals surface area contributed by atoms with Gasteiger partial charge in [0.1, 0.15) is 5.75 Å². The number of hydrogen-bond donors (Lipinski definition) is 1. The number of nitrogens with zero attached hydrogens (tertiary/aromatic N) is 1. The van der Waals surface area contributed by atoms with Crippen LogP contribution in [0.4, 0.5) is 5.69 Å². The van der Waals surface area contributed by atoms with Gasteiger partial charge in [-0.15, -0.1) is 0 Å². The minimum atomic E-state index is -0.184. The SMILES string of the molecule is COC(C)(C)CCOc1cc(C)nc2ccc(N)cc12. The third-order valence-electron chi connectivity index (χ3n) is 3.44. The molecule has 0 bridgehead atoms. The first-order valence-electron chi connectivity index (χ1n) is 6.76. The molecule has 0 aliphatic heterocycles. The normalized spacial score (nSPS) is 11.8. The van der Waals surface area contributed by atoms with Crippen molar-refractivity contribution in [3.63, 3.8) is 0 Å². The summed E-state index contributed by atoms with van der Waals surface area (Å²) in [6.45, 7) is 6.64. The van der Waals surface area contributed by atoms with E-state index < -0.39 is 0 Å². The van der Waals surface area contributed by atoms with Gasteiger partial charge in [-0.1, -0.05) is 0 Å². The number of anilines is 1. The number of aryl methyl sites for hydroxylation is 1. The van der Waals surface area contributed by atoms with Gasteiger partial charge in [0, 0.05) is 36.4 Å². The van der Waals surface area contributed by atoms with Crippen molar-refractivity contribution in [3.05, 3.63) is 30.0 Å². The lowest BCUT2D eigenvalue weighted by Gasteiger charge is -2.23. The van der Waals surface area contributed by atoms with Crippen LogP contribution in [-0.4, -0.2) is 24.3 Å². The molecule has 0 aliphatic rings. The molecule has 2 N–H and O–H groups in total. The Hall–Kier alpha value is -1.81. The van der Waals surface area contributed by atoms with Gasteiger partial charge in [0.05, 0.1) is 17.7 Å². The summed E-state index contributed by atoms with van der Waals surface area (Å²) in [5, 5.41) is 0.950. The molecule has 0 unspecified atom stereocenters. The highest BCUT2D eigenvalue weighted by Crippen LogP contribution is 2.28. The van der Waals surface area contributed by atoms with Crippen LogP contribution in [0.5, 0.6) is 5.75 Å². The van der Waals surface area contributed by atoms with Gasteiger partial charge < -0.3 is 15.2 Å². The first-order chi connectivity index (χ1) is 9.41. The van der Waals surface area contributed by atoms with Crippen LogP contribution in [-0.2, 0) is 4.74 Å². The smallest absolute Gasteiger partial charge is 0.130 e. The maximum Gasteiger partial charge on any atom is 0.130 e. The fraction of sp³-hybridized carbons (Fsp3) is 0.438. The van der Waals surface area contributed by atoms with Crippen LogP contribution in [0, 0.1) is 6.92 Å². The van der Waals surface area contributed by atoms with E-state index in [9.17, 15) is 0 Å². The van der Waals surface area contributed by atoms with E-state index in [1.807, 2.05) is 45.0 Å². The van der Waals surface area contributed by atoms with Crippen molar-refractivity contribution < 1.29 is 9.47 Å². The molecular weight excluding hydrogens is 252 g/mol. The number of ether oxygens (including phenoxy) is 2. The lowest BCUT2D eigenvalue weighted by atomic mass is 10.1. The maximum absolute atomic E-state index is 5.92. The average molecular weight is 274 g/mol. The van der Waals surface area contributed by atoms with Gasteiger partial charge in [-0.25, -0.2) is 0 Å². The summed E-state index contributed by atoms with van der Waals surface area (Å²) in [5.41, 5.74) is 8.21. The fourth-order valence-corrected chi connectivity index (χ4v) is 1.97. The zero-order chi connectivity index (χ0) is 14.8. The van der Waals surface area contributed by atoms with Crippen molar-refractivity contribution in [2.45, 2.75) is 32.8 Å². The lowest BCUT2D eigenvalue weighted by Crippen LogP contribution is -2.25. The van der Waals surface area contributed by atoms with E-state index in [1.165, 1.54) is 0 Å². The Bertz CT molecular complexity index is 609. The molecule has 0 atom stereocenters. The second-order valence-corrected chi connectivity index (χ2v) is 5.60. The molecule has 1 heterocycles. The zero-order valence-electron chi connectivity index (χ0n) is 12.6. The minimum Gasteiger partial charge on any atom is -0.493 e. The van der Waals surface area contributed by atoms with Gasteiger partial charge in [-0.05, 0) is 39.0 Å². The van der Waals surface area contributed by atoms with Crippen LogP contribution in [0.15, 0.2) is 24.3 Å². The first-order valence-corrected chi connectivity index (χ1v) is 6.76. The van der Waals surface area contributed by atoms with Crippen molar-refractivity contribution in [2.75, 3.05) is 19.5 Å². The number of benzene rings is 1. The van der Waals surface area contributed by atoms with Gasteiger partial charge in [0.2, 0.25) is 0 Å². The molecule has 0 fully saturated rings. The molecule has 4 nitrogen and oxygen atoms in total. The highest BCUT2D eigenvalue weighted by atomic mass is 16.5. The Labute approximate surface area is 119 Å². The molecule has 1 aromatic heterocycles. The summed E-state index contributed by atoms with van der Waals surface area (Å²) < 4.78 is 11.3. The number of hydrogen-bond acceptors (Lipinski definition) is 4. The standard InChI is InChI=1S/C16H22N2O2/c1-11-9-15(20-8-7-16(2,3)19-4)13-10-12(17)5-6-14(13)18-11/h5-6,9-10H,7-8,17H2,1-4H3. The number of rotatable bonds is 5. The summed E-state index contributed by atoms with van der Waals surface area (Å²) in [4.78, 5) is 4.49. The highest BCUT2D eigenvalue weighted by molar-refractivity contribution is 5.87. The summed E-state index contributed by atoms with van der Waals surface area (Å²) in [7, 11) is 1.71. The average Bonchev–Trinajstić information content (AvgIpc) is 2.39. The van der Waals surface area contributed by atoms with Crippen molar-refractivity contribution in [1.82, 2.24) is 4.98 Å². The van der Waals surface area contributed by atoms with E-state index in [0.29, 0.717) is 12.3 Å². The van der Waals surface area contributed by atoms with Gasteiger partial charge >= 0.3 is 0 Å². The largest absolute Gasteiger partial charge is 0.493 e. The molecule has 0 amide bonds. The number of pyridine rings is 1. The Kier molecular flexibility index (Phi) is 4.14. The number of aromatic nitrogens is 1. The molecule has 0 saturated heterocycles. The van der Waals surface area contributed by atoms with E-state index in [2.05, 4.69) is 4.98 Å². The van der Waals surface area contributed by atoms with Crippen molar-refractivity contribution in [3.8, 4) is 5.75 Å². The molecule has 0 spiro atoms. The molecular formula is C16H22N2O2. The topological polar surface area (TPSA) is 57.4 Å². The van der Waals surface area contributed by atoms with Gasteiger partial charge in [0.25, 0.3) is 0 Å². The van der Waals surface area contributed by atoms with E-state index in [1.54, 1.807) is 7.11 Å². The Morgan fingerprint density at radius 3 is 2.70 bits per heavy atom. The van der Waals surface area contributed by atoms with Crippen LogP contribution in [0.3, 0.4) is 0 Å². The molecule has 4 heteroatoms. The van der Waals surface area contributed by atoms with Crippen LogP contribution in [0.1, 0.15) is 26.0 Å². The fourth-order valence-electron chi connectivity index (χ4n) is 1.97. The number of nitrogens with two attached hydrogens (primary N) is 1. The second-order valence-electron chi connectivity index (χ2n) is 5.60. The van der Waals surface area contributed by atoms with Crippen molar-refractivity contribution in [1.29, 1.82) is 0 Å². The highest BCUT2D eigenvalue weighted by Gasteiger charge is 2.16. The Balaban J connectivity index is 2.23. The third kappa shape index (κ3) is 3.39. The second kappa shape index (κ2) is 5.67. The molecule has 20 heavy (non-hydrogen) atoms. The molecule has 0 radical (unpaired) electrons. The van der Waals surface area contributed by atoms with E-state index in [-0.39, 0.29) is 5.60 Å². The van der Waals surface area contributed by atoms with E-state index in [0.717, 1.165) is 28.8 Å². The van der Waals surface area contributed by atoms with Gasteiger partial charge in [-0.2, -0.15) is 0 Å². The number of nitrogen functional groups attached to an aromatic ring is 1. The predicted octanol–water partition coefficient (Wildman–Crippen LogP) is 3.32. The molecule has 2 aromatic rings. The quantitative estimate of drug-likeness (QED) is 0.850. The summed E-state index contributed by atoms with van der Waals surface area (Å²) in [6.07, 6.45) is 0.814. The summed E-state index contributed by atoms with van der Waals surface area (Å²) in [5.74, 6) is 0.826. The molecule has 1 aromatic carbocycles. The first kappa shape index (κ1) is 14.6. The van der Waals surface area contributed by atoms with Gasteiger partial charge in [0.15, 0.2) is 0 Å². The van der Waals surface area contributed by atoms with Crippen LogP contribution in [0.2, 0.25) is 0 Å². The predicted molar refractivity (Wildman–Crippen MR) is 82.1 cm³/mol. The summed E-state index contributed by atoms with van der Waals surface area (Å²) >= 11 is 0. The van der Waals surface area contributed by atoms with Crippen molar-refractivity contribution >= 4 is 16.6 Å². The minimum absolute atomic E-state index is 0.184. The van der Waals surface area contributed by atoms with Crippen LogP contribution < -0.4 is 10.5 Å². The molecule has 108 valence electrons. The van der Waals surface area contributed by atoms with E-state index >= 15 is 0 Å². The monoisotopic (exact) mass is 274 g/mol. The number of methoxy groups -OCH3 is 1. The van der Waals surface area contributed by atoms with Crippen LogP contribution in [0.25, 0.3) is 10.9 Å². The number of fused-ring (bicyclic) bond motifs is 1. The zero-order valence-corrected chi connectivity index (χ0v) is 12.6. The van der Waals surface area contributed by atoms with Crippen molar-refractivity contribution in [2.24, 2.45) is 0 Å². The van der Waals surface area contributed by atoms with E-state index in [4.69, 9.17) is 15.2 Å². The van der Waals surface area contributed by atoms with Gasteiger partial charge in [-0.3, -0.25) is 4.98 Å². The third-order valence-corrected chi connectivity index (χ3v) is 3.44. The Morgan fingerprint density at radius 2 is 2.00 bits per heavy atom. The van der Waals surface area contributed by atoms with Crippen LogP contribution >= 0.6 is 0 Å². The molecule has 0 saturated carbocycles. The maximum atomic E-state index is 5.92. The summed E-state index contributed by atoms with van der Waals surface area (Å²) in [6, 6.07) is 7.62. The molecule has 0 aliphatic carbocycles. The molecule has 2 rings (SSSR count). The lowest BCUT2D eigenvalue weighted by molar-refractivity contribution is 0.00557.